The normalized spacial score (nSPS) is 10.7. The van der Waals surface area contributed by atoms with Gasteiger partial charge in [-0.2, -0.15) is 5.10 Å². The summed E-state index contributed by atoms with van der Waals surface area (Å²) in [6.07, 6.45) is 0.752. The molecule has 0 aliphatic rings. The first kappa shape index (κ1) is 20.4. The van der Waals surface area contributed by atoms with Crippen LogP contribution in [0.25, 0.3) is 10.8 Å². The van der Waals surface area contributed by atoms with Crippen LogP contribution >= 0.6 is 0 Å². The number of fused-ring (bicyclic) bond motifs is 1. The van der Waals surface area contributed by atoms with Crippen LogP contribution in [0.3, 0.4) is 0 Å². The fourth-order valence-corrected chi connectivity index (χ4v) is 2.98. The Morgan fingerprint density at radius 2 is 1.66 bits per heavy atom. The van der Waals surface area contributed by atoms with Crippen molar-refractivity contribution in [2.24, 2.45) is 0 Å². The molecule has 29 heavy (non-hydrogen) atoms. The van der Waals surface area contributed by atoms with Gasteiger partial charge in [0, 0.05) is 11.9 Å². The highest BCUT2D eigenvalue weighted by atomic mass is 16.5. The Morgan fingerprint density at radius 3 is 2.31 bits per heavy atom. The number of benzene rings is 2. The number of hydrogen-bond acceptors (Lipinski definition) is 5. The van der Waals surface area contributed by atoms with E-state index < -0.39 is 0 Å². The van der Waals surface area contributed by atoms with Crippen LogP contribution < -0.4 is 20.3 Å². The van der Waals surface area contributed by atoms with Gasteiger partial charge in [-0.15, -0.1) is 0 Å². The lowest BCUT2D eigenvalue weighted by molar-refractivity contribution is 0.0941. The molecule has 2 aromatic carbocycles. The van der Waals surface area contributed by atoms with Gasteiger partial charge in [0.2, 0.25) is 0 Å². The Kier molecular flexibility index (Phi) is 6.84. The number of ether oxygens (including phenoxy) is 2. The Labute approximate surface area is 169 Å². The van der Waals surface area contributed by atoms with E-state index in [-0.39, 0.29) is 17.2 Å². The van der Waals surface area contributed by atoms with Crippen LogP contribution in [0.1, 0.15) is 30.8 Å². The fraction of sp³-hybridized carbons (Fsp3) is 0.318. The first-order valence-electron chi connectivity index (χ1n) is 9.77. The maximum atomic E-state index is 12.7. The number of amides is 1. The largest absolute Gasteiger partial charge is 0.494 e. The molecule has 0 fully saturated rings. The predicted octanol–water partition coefficient (Wildman–Crippen LogP) is 3.01. The summed E-state index contributed by atoms with van der Waals surface area (Å²) in [5.41, 5.74) is 0.0625. The Balaban J connectivity index is 1.65. The van der Waals surface area contributed by atoms with Crippen molar-refractivity contribution in [3.05, 3.63) is 64.6 Å². The molecule has 0 aliphatic carbocycles. The molecule has 1 N–H and O–H groups in total. The van der Waals surface area contributed by atoms with E-state index in [1.807, 2.05) is 38.1 Å². The molecule has 0 radical (unpaired) electrons. The van der Waals surface area contributed by atoms with E-state index in [2.05, 4.69) is 10.4 Å². The van der Waals surface area contributed by atoms with Gasteiger partial charge in [0.05, 0.1) is 18.5 Å². The smallest absolute Gasteiger partial charge is 0.274 e. The third-order valence-corrected chi connectivity index (χ3v) is 4.31. The number of rotatable bonds is 9. The highest BCUT2D eigenvalue weighted by Gasteiger charge is 2.16. The van der Waals surface area contributed by atoms with Gasteiger partial charge >= 0.3 is 0 Å². The second-order valence-corrected chi connectivity index (χ2v) is 6.43. The minimum Gasteiger partial charge on any atom is -0.494 e. The van der Waals surface area contributed by atoms with Gasteiger partial charge < -0.3 is 14.8 Å². The molecule has 0 aliphatic heterocycles. The molecule has 3 aromatic rings. The van der Waals surface area contributed by atoms with Gasteiger partial charge in [0.1, 0.15) is 18.1 Å². The van der Waals surface area contributed by atoms with Gasteiger partial charge in [-0.05, 0) is 43.7 Å². The maximum absolute atomic E-state index is 12.7. The highest BCUT2D eigenvalue weighted by Crippen LogP contribution is 2.17. The van der Waals surface area contributed by atoms with Gasteiger partial charge in [-0.1, -0.05) is 25.1 Å². The topological polar surface area (TPSA) is 82.5 Å². The summed E-state index contributed by atoms with van der Waals surface area (Å²) in [5.74, 6) is 1.15. The number of carbonyl (C=O) groups is 1. The third kappa shape index (κ3) is 4.93. The molecular weight excluding hydrogens is 370 g/mol. The molecule has 0 bridgehead atoms. The predicted molar refractivity (Wildman–Crippen MR) is 112 cm³/mol. The van der Waals surface area contributed by atoms with Crippen LogP contribution in [-0.4, -0.2) is 35.4 Å². The molecule has 0 saturated heterocycles. The Morgan fingerprint density at radius 1 is 1.00 bits per heavy atom. The lowest BCUT2D eigenvalue weighted by Crippen LogP contribution is -2.32. The van der Waals surface area contributed by atoms with Crippen LogP contribution in [0, 0.1) is 0 Å². The van der Waals surface area contributed by atoms with Crippen LogP contribution in [0.4, 0.5) is 0 Å². The Hall–Kier alpha value is -3.35. The number of aryl methyl sites for hydroxylation is 1. The maximum Gasteiger partial charge on any atom is 0.274 e. The van der Waals surface area contributed by atoms with E-state index in [9.17, 15) is 9.59 Å². The molecule has 0 spiro atoms. The zero-order valence-corrected chi connectivity index (χ0v) is 16.7. The molecule has 1 aromatic heterocycles. The summed E-state index contributed by atoms with van der Waals surface area (Å²) < 4.78 is 12.4. The van der Waals surface area contributed by atoms with Crippen molar-refractivity contribution in [1.29, 1.82) is 0 Å². The van der Waals surface area contributed by atoms with Crippen molar-refractivity contribution in [3.8, 4) is 11.5 Å². The van der Waals surface area contributed by atoms with Crippen molar-refractivity contribution < 1.29 is 14.3 Å². The van der Waals surface area contributed by atoms with Crippen molar-refractivity contribution in [3.63, 3.8) is 0 Å². The second-order valence-electron chi connectivity index (χ2n) is 6.43. The van der Waals surface area contributed by atoms with E-state index in [1.165, 1.54) is 4.68 Å². The molecule has 1 amide bonds. The SMILES string of the molecule is CCCn1nc(C(=O)NCCOc2ccc(OCC)cc2)c2ccccc2c1=O. The van der Waals surface area contributed by atoms with Gasteiger partial charge in [0.25, 0.3) is 11.5 Å². The molecule has 0 atom stereocenters. The fourth-order valence-electron chi connectivity index (χ4n) is 2.98. The van der Waals surface area contributed by atoms with E-state index in [0.717, 1.165) is 12.2 Å². The number of nitrogens with zero attached hydrogens (tertiary/aromatic N) is 2. The lowest BCUT2D eigenvalue weighted by Gasteiger charge is -2.11. The lowest BCUT2D eigenvalue weighted by atomic mass is 10.1. The molecular formula is C22H25N3O4. The van der Waals surface area contributed by atoms with E-state index in [4.69, 9.17) is 9.47 Å². The summed E-state index contributed by atoms with van der Waals surface area (Å²) in [6.45, 7) is 5.59. The van der Waals surface area contributed by atoms with Crippen molar-refractivity contribution in [2.45, 2.75) is 26.8 Å². The van der Waals surface area contributed by atoms with Crippen molar-refractivity contribution in [1.82, 2.24) is 15.1 Å². The minimum atomic E-state index is -0.332. The first-order chi connectivity index (χ1) is 14.1. The minimum absolute atomic E-state index is 0.183. The standard InChI is InChI=1S/C22H25N3O4/c1-3-14-25-22(27)19-8-6-5-7-18(19)20(24-25)21(26)23-13-15-29-17-11-9-16(10-12-17)28-4-2/h5-12H,3-4,13-15H2,1-2H3,(H,23,26). The Bertz CT molecular complexity index is 1030. The van der Waals surface area contributed by atoms with Crippen LogP contribution in [-0.2, 0) is 6.54 Å². The quantitative estimate of drug-likeness (QED) is 0.563. The monoisotopic (exact) mass is 395 g/mol. The molecule has 7 heteroatoms. The van der Waals surface area contributed by atoms with Gasteiger partial charge in [-0.25, -0.2) is 4.68 Å². The molecule has 1 heterocycles. The number of nitrogens with one attached hydrogen (secondary N) is 1. The summed E-state index contributed by atoms with van der Waals surface area (Å²) in [4.78, 5) is 25.2. The summed E-state index contributed by atoms with van der Waals surface area (Å²) >= 11 is 0. The zero-order chi connectivity index (χ0) is 20.6. The summed E-state index contributed by atoms with van der Waals surface area (Å²) in [5, 5.41) is 8.15. The molecule has 3 rings (SSSR count). The van der Waals surface area contributed by atoms with Crippen molar-refractivity contribution >= 4 is 16.7 Å². The summed E-state index contributed by atoms with van der Waals surface area (Å²) in [7, 11) is 0. The van der Waals surface area contributed by atoms with E-state index >= 15 is 0 Å². The zero-order valence-electron chi connectivity index (χ0n) is 16.7. The molecule has 0 saturated carbocycles. The second kappa shape index (κ2) is 9.73. The highest BCUT2D eigenvalue weighted by molar-refractivity contribution is 6.04. The average Bonchev–Trinajstić information content (AvgIpc) is 2.74. The average molecular weight is 395 g/mol. The molecule has 7 nitrogen and oxygen atoms in total. The van der Waals surface area contributed by atoms with Gasteiger partial charge in [-0.3, -0.25) is 9.59 Å². The summed E-state index contributed by atoms with van der Waals surface area (Å²) in [6, 6.07) is 14.4. The third-order valence-electron chi connectivity index (χ3n) is 4.31. The molecule has 0 unspecified atom stereocenters. The number of hydrogen-bond donors (Lipinski definition) is 1. The van der Waals surface area contributed by atoms with Crippen LogP contribution in [0.15, 0.2) is 53.3 Å². The first-order valence-corrected chi connectivity index (χ1v) is 9.77. The van der Waals surface area contributed by atoms with Crippen molar-refractivity contribution in [2.75, 3.05) is 19.8 Å². The number of aromatic nitrogens is 2. The van der Waals surface area contributed by atoms with Crippen LogP contribution in [0.2, 0.25) is 0 Å². The van der Waals surface area contributed by atoms with Gasteiger partial charge in [0.15, 0.2) is 5.69 Å². The number of carbonyl (C=O) groups excluding carboxylic acids is 1. The van der Waals surface area contributed by atoms with E-state index in [1.54, 1.807) is 24.3 Å². The van der Waals surface area contributed by atoms with Crippen LogP contribution in [0.5, 0.6) is 11.5 Å². The molecule has 152 valence electrons. The van der Waals surface area contributed by atoms with E-state index in [0.29, 0.717) is 42.8 Å².